The number of ether oxygens (including phenoxy) is 2. The van der Waals surface area contributed by atoms with Crippen LogP contribution in [-0.4, -0.2) is 55.3 Å². The van der Waals surface area contributed by atoms with Crippen LogP contribution in [0.1, 0.15) is 55.5 Å². The molecule has 8 heteroatoms. The Morgan fingerprint density at radius 1 is 1.03 bits per heavy atom. The molecule has 0 atom stereocenters. The maximum absolute atomic E-state index is 12.9. The molecule has 32 heavy (non-hydrogen) atoms. The van der Waals surface area contributed by atoms with Gasteiger partial charge in [0, 0.05) is 49.6 Å². The summed E-state index contributed by atoms with van der Waals surface area (Å²) in [4.78, 5) is 23.9. The number of aromatic nitrogens is 2. The van der Waals surface area contributed by atoms with Crippen LogP contribution in [0.2, 0.25) is 0 Å². The number of hydrogen-bond donors (Lipinski definition) is 2. The summed E-state index contributed by atoms with van der Waals surface area (Å²) in [5.74, 6) is 2.77. The van der Waals surface area contributed by atoms with Crippen molar-refractivity contribution < 1.29 is 14.3 Å². The highest BCUT2D eigenvalue weighted by atomic mass is 16.5. The van der Waals surface area contributed by atoms with Crippen molar-refractivity contribution in [1.82, 2.24) is 15.3 Å². The third-order valence-electron chi connectivity index (χ3n) is 5.53. The molecular weight excluding hydrogens is 406 g/mol. The number of benzene rings is 1. The van der Waals surface area contributed by atoms with Crippen molar-refractivity contribution in [2.45, 2.75) is 58.5 Å². The first-order valence-electron chi connectivity index (χ1n) is 11.4. The number of hydrogen-bond acceptors (Lipinski definition) is 7. The number of amides is 1. The molecule has 1 amide bonds. The number of carbonyl (C=O) groups excluding carboxylic acids is 1. The summed E-state index contributed by atoms with van der Waals surface area (Å²) in [6.07, 6.45) is 5.55. The standard InChI is InChI=1S/C24H35N5O3/c1-6-31-20-12-17(13-21(14-20)32-7-2)23(30)26-18-8-10-19(11-9-18)27-24-25-15-16(3)22(28-24)29(4)5/h12-15,18-19H,6-11H2,1-5H3,(H,26,30)(H,25,27,28). The van der Waals surface area contributed by atoms with E-state index in [1.807, 2.05) is 52.0 Å². The number of nitrogens with zero attached hydrogens (tertiary/aromatic N) is 3. The van der Waals surface area contributed by atoms with E-state index in [4.69, 9.17) is 9.47 Å². The monoisotopic (exact) mass is 441 g/mol. The van der Waals surface area contributed by atoms with E-state index in [1.165, 1.54) is 0 Å². The van der Waals surface area contributed by atoms with Gasteiger partial charge in [-0.05, 0) is 58.6 Å². The fraction of sp³-hybridized carbons (Fsp3) is 0.542. The Bertz CT molecular complexity index is 886. The van der Waals surface area contributed by atoms with Gasteiger partial charge >= 0.3 is 0 Å². The number of carbonyl (C=O) groups is 1. The van der Waals surface area contributed by atoms with Gasteiger partial charge in [-0.1, -0.05) is 0 Å². The van der Waals surface area contributed by atoms with Crippen LogP contribution in [0.25, 0.3) is 0 Å². The fourth-order valence-corrected chi connectivity index (χ4v) is 3.99. The van der Waals surface area contributed by atoms with Crippen LogP contribution in [0, 0.1) is 6.92 Å². The first kappa shape index (κ1) is 23.6. The van der Waals surface area contributed by atoms with Crippen molar-refractivity contribution in [2.24, 2.45) is 0 Å². The van der Waals surface area contributed by atoms with E-state index in [1.54, 1.807) is 12.1 Å². The van der Waals surface area contributed by atoms with Gasteiger partial charge in [0.05, 0.1) is 13.2 Å². The second-order valence-electron chi connectivity index (χ2n) is 8.32. The minimum Gasteiger partial charge on any atom is -0.494 e. The molecule has 2 aromatic rings. The highest BCUT2D eigenvalue weighted by Crippen LogP contribution is 2.25. The third-order valence-corrected chi connectivity index (χ3v) is 5.53. The van der Waals surface area contributed by atoms with Gasteiger partial charge in [-0.2, -0.15) is 4.98 Å². The van der Waals surface area contributed by atoms with E-state index in [0.29, 0.717) is 42.3 Å². The minimum atomic E-state index is -0.0959. The quantitative estimate of drug-likeness (QED) is 0.612. The van der Waals surface area contributed by atoms with Gasteiger partial charge < -0.3 is 25.0 Å². The van der Waals surface area contributed by atoms with Crippen LogP contribution in [0.4, 0.5) is 11.8 Å². The zero-order chi connectivity index (χ0) is 23.1. The Balaban J connectivity index is 1.56. The molecule has 0 spiro atoms. The number of aryl methyl sites for hydroxylation is 1. The number of anilines is 2. The van der Waals surface area contributed by atoms with Crippen molar-refractivity contribution in [3.8, 4) is 11.5 Å². The average molecular weight is 442 g/mol. The van der Waals surface area contributed by atoms with E-state index in [-0.39, 0.29) is 11.9 Å². The Labute approximate surface area is 190 Å². The first-order chi connectivity index (χ1) is 15.4. The van der Waals surface area contributed by atoms with Crippen molar-refractivity contribution >= 4 is 17.7 Å². The summed E-state index contributed by atoms with van der Waals surface area (Å²) in [5, 5.41) is 6.63. The lowest BCUT2D eigenvalue weighted by Gasteiger charge is -2.30. The van der Waals surface area contributed by atoms with Gasteiger partial charge in [0.15, 0.2) is 0 Å². The van der Waals surface area contributed by atoms with Gasteiger partial charge in [-0.25, -0.2) is 4.98 Å². The highest BCUT2D eigenvalue weighted by molar-refractivity contribution is 5.95. The first-order valence-corrected chi connectivity index (χ1v) is 11.4. The van der Waals surface area contributed by atoms with Crippen LogP contribution in [0.15, 0.2) is 24.4 Å². The number of nitrogens with one attached hydrogen (secondary N) is 2. The van der Waals surface area contributed by atoms with Crippen LogP contribution in [0.5, 0.6) is 11.5 Å². The maximum Gasteiger partial charge on any atom is 0.251 e. The molecule has 1 aliphatic carbocycles. The van der Waals surface area contributed by atoms with Gasteiger partial charge in [-0.3, -0.25) is 4.79 Å². The summed E-state index contributed by atoms with van der Waals surface area (Å²) in [5.41, 5.74) is 1.61. The highest BCUT2D eigenvalue weighted by Gasteiger charge is 2.24. The van der Waals surface area contributed by atoms with Gasteiger partial charge in [-0.15, -0.1) is 0 Å². The second kappa shape index (κ2) is 11.0. The second-order valence-corrected chi connectivity index (χ2v) is 8.32. The summed E-state index contributed by atoms with van der Waals surface area (Å²) in [6.45, 7) is 6.92. The molecule has 0 aliphatic heterocycles. The molecule has 0 radical (unpaired) electrons. The summed E-state index contributed by atoms with van der Waals surface area (Å²) < 4.78 is 11.2. The van der Waals surface area contributed by atoms with E-state index >= 15 is 0 Å². The topological polar surface area (TPSA) is 88.6 Å². The SMILES string of the molecule is CCOc1cc(OCC)cc(C(=O)NC2CCC(Nc3ncc(C)c(N(C)C)n3)CC2)c1. The van der Waals surface area contributed by atoms with Gasteiger partial charge in [0.25, 0.3) is 5.91 Å². The number of rotatable bonds is 9. The maximum atomic E-state index is 12.9. The molecule has 3 rings (SSSR count). The van der Waals surface area contributed by atoms with Crippen molar-refractivity contribution in [3.05, 3.63) is 35.5 Å². The Morgan fingerprint density at radius 2 is 1.62 bits per heavy atom. The molecule has 1 aromatic heterocycles. The lowest BCUT2D eigenvalue weighted by molar-refractivity contribution is 0.0925. The zero-order valence-electron chi connectivity index (χ0n) is 19.8. The fourth-order valence-electron chi connectivity index (χ4n) is 3.99. The molecule has 0 bridgehead atoms. The van der Waals surface area contributed by atoms with Crippen molar-refractivity contribution in [3.63, 3.8) is 0 Å². The molecule has 0 saturated heterocycles. The Kier molecular flexibility index (Phi) is 8.14. The normalized spacial score (nSPS) is 18.0. The molecule has 1 aliphatic rings. The van der Waals surface area contributed by atoms with Crippen LogP contribution in [-0.2, 0) is 0 Å². The molecule has 2 N–H and O–H groups in total. The Hall–Kier alpha value is -3.03. The molecular formula is C24H35N5O3. The van der Waals surface area contributed by atoms with E-state index in [0.717, 1.165) is 37.1 Å². The van der Waals surface area contributed by atoms with Crippen LogP contribution in [0.3, 0.4) is 0 Å². The Morgan fingerprint density at radius 3 is 2.19 bits per heavy atom. The van der Waals surface area contributed by atoms with Crippen molar-refractivity contribution in [2.75, 3.05) is 37.5 Å². The predicted molar refractivity (Wildman–Crippen MR) is 127 cm³/mol. The van der Waals surface area contributed by atoms with Crippen LogP contribution < -0.4 is 25.0 Å². The summed E-state index contributed by atoms with van der Waals surface area (Å²) >= 11 is 0. The molecule has 1 aromatic carbocycles. The predicted octanol–water partition coefficient (Wildman–Crippen LogP) is 3.80. The van der Waals surface area contributed by atoms with Gasteiger partial charge in [0.1, 0.15) is 17.3 Å². The summed E-state index contributed by atoms with van der Waals surface area (Å²) in [7, 11) is 3.96. The molecule has 1 fully saturated rings. The lowest BCUT2D eigenvalue weighted by Crippen LogP contribution is -2.40. The zero-order valence-corrected chi connectivity index (χ0v) is 19.8. The smallest absolute Gasteiger partial charge is 0.251 e. The molecule has 0 unspecified atom stereocenters. The lowest BCUT2D eigenvalue weighted by atomic mass is 9.91. The summed E-state index contributed by atoms with van der Waals surface area (Å²) in [6, 6.07) is 5.79. The van der Waals surface area contributed by atoms with E-state index in [2.05, 4.69) is 20.6 Å². The minimum absolute atomic E-state index is 0.0959. The molecule has 1 saturated carbocycles. The van der Waals surface area contributed by atoms with Crippen LogP contribution >= 0.6 is 0 Å². The van der Waals surface area contributed by atoms with E-state index in [9.17, 15) is 4.79 Å². The molecule has 1 heterocycles. The largest absolute Gasteiger partial charge is 0.494 e. The van der Waals surface area contributed by atoms with Gasteiger partial charge in [0.2, 0.25) is 5.95 Å². The van der Waals surface area contributed by atoms with E-state index < -0.39 is 0 Å². The van der Waals surface area contributed by atoms with Crippen molar-refractivity contribution in [1.29, 1.82) is 0 Å². The average Bonchev–Trinajstić information content (AvgIpc) is 2.76. The third kappa shape index (κ3) is 6.24. The molecule has 174 valence electrons. The molecule has 8 nitrogen and oxygen atoms in total.